The predicted octanol–water partition coefficient (Wildman–Crippen LogP) is 4.36. The van der Waals surface area contributed by atoms with Crippen molar-refractivity contribution in [2.45, 2.75) is 6.18 Å². The molecule has 0 unspecified atom stereocenters. The molecule has 22 heavy (non-hydrogen) atoms. The quantitative estimate of drug-likeness (QED) is 0.595. The monoisotopic (exact) mass is 418 g/mol. The summed E-state index contributed by atoms with van der Waals surface area (Å²) in [5, 5.41) is 2.43. The summed E-state index contributed by atoms with van der Waals surface area (Å²) in [6, 6.07) is 8.40. The summed E-state index contributed by atoms with van der Waals surface area (Å²) in [7, 11) is 0. The maximum Gasteiger partial charge on any atom is 0.416 e. The fraction of sp³-hybridized carbons (Fsp3) is 0.0667. The highest BCUT2D eigenvalue weighted by Crippen LogP contribution is 2.32. The lowest BCUT2D eigenvalue weighted by molar-refractivity contribution is -0.137. The number of benzene rings is 1. The van der Waals surface area contributed by atoms with Crippen LogP contribution in [0.5, 0.6) is 0 Å². The van der Waals surface area contributed by atoms with Crippen LogP contribution in [0.4, 0.5) is 18.9 Å². The van der Waals surface area contributed by atoms with Crippen molar-refractivity contribution in [3.8, 4) is 0 Å². The fourth-order valence-corrected chi connectivity index (χ4v) is 2.08. The number of anilines is 1. The number of pyridine rings is 1. The second kappa shape index (κ2) is 6.91. The van der Waals surface area contributed by atoms with Gasteiger partial charge in [0.15, 0.2) is 0 Å². The van der Waals surface area contributed by atoms with Gasteiger partial charge in [0.25, 0.3) is 0 Å². The first kappa shape index (κ1) is 16.5. The van der Waals surface area contributed by atoms with Gasteiger partial charge in [-0.2, -0.15) is 13.2 Å². The number of aromatic nitrogens is 1. The fourth-order valence-electron chi connectivity index (χ4n) is 1.61. The summed E-state index contributed by atoms with van der Waals surface area (Å²) >= 11 is 1.86. The zero-order chi connectivity index (χ0) is 16.2. The van der Waals surface area contributed by atoms with Crippen LogP contribution in [0, 0.1) is 3.57 Å². The highest BCUT2D eigenvalue weighted by molar-refractivity contribution is 14.1. The number of carbonyl (C=O) groups is 1. The van der Waals surface area contributed by atoms with E-state index < -0.39 is 17.6 Å². The molecule has 0 bridgehead atoms. The molecule has 1 heterocycles. The van der Waals surface area contributed by atoms with Crippen LogP contribution in [0.25, 0.3) is 6.08 Å². The van der Waals surface area contributed by atoms with Gasteiger partial charge in [-0.15, -0.1) is 0 Å². The molecule has 3 nitrogen and oxygen atoms in total. The van der Waals surface area contributed by atoms with E-state index in [-0.39, 0.29) is 5.69 Å². The van der Waals surface area contributed by atoms with Crippen LogP contribution in [-0.4, -0.2) is 10.9 Å². The summed E-state index contributed by atoms with van der Waals surface area (Å²) in [6.07, 6.45) is -0.171. The van der Waals surface area contributed by atoms with Gasteiger partial charge >= 0.3 is 6.18 Å². The molecule has 1 amide bonds. The maximum absolute atomic E-state index is 12.7. The first-order valence-electron chi connectivity index (χ1n) is 6.13. The van der Waals surface area contributed by atoms with Crippen LogP contribution in [-0.2, 0) is 11.0 Å². The van der Waals surface area contributed by atoms with Crippen LogP contribution in [0.1, 0.15) is 11.3 Å². The number of nitrogens with one attached hydrogen (secondary N) is 1. The van der Waals surface area contributed by atoms with Crippen molar-refractivity contribution in [1.29, 1.82) is 0 Å². The molecule has 1 aromatic heterocycles. The van der Waals surface area contributed by atoms with Crippen molar-refractivity contribution in [3.63, 3.8) is 0 Å². The molecule has 1 aromatic carbocycles. The Bertz CT molecular complexity index is 700. The van der Waals surface area contributed by atoms with Gasteiger partial charge in [-0.3, -0.25) is 9.78 Å². The SMILES string of the molecule is O=C(/C=C/c1ccccn1)Nc1cc(C(F)(F)F)ccc1I. The first-order valence-corrected chi connectivity index (χ1v) is 7.21. The zero-order valence-electron chi connectivity index (χ0n) is 11.1. The van der Waals surface area contributed by atoms with Crippen LogP contribution in [0.3, 0.4) is 0 Å². The van der Waals surface area contributed by atoms with Gasteiger partial charge in [0.1, 0.15) is 0 Å². The Morgan fingerprint density at radius 2 is 2.00 bits per heavy atom. The van der Waals surface area contributed by atoms with Gasteiger partial charge in [-0.05, 0) is 59.0 Å². The van der Waals surface area contributed by atoms with Crippen LogP contribution in [0.15, 0.2) is 48.7 Å². The molecule has 0 atom stereocenters. The Balaban J connectivity index is 2.13. The highest BCUT2D eigenvalue weighted by atomic mass is 127. The third-order valence-corrected chi connectivity index (χ3v) is 3.59. The largest absolute Gasteiger partial charge is 0.416 e. The Hall–Kier alpha value is -1.90. The van der Waals surface area contributed by atoms with E-state index in [1.54, 1.807) is 24.4 Å². The zero-order valence-corrected chi connectivity index (χ0v) is 13.2. The van der Waals surface area contributed by atoms with Crippen molar-refractivity contribution < 1.29 is 18.0 Å². The Morgan fingerprint density at radius 1 is 1.23 bits per heavy atom. The Morgan fingerprint density at radius 3 is 2.64 bits per heavy atom. The minimum atomic E-state index is -4.45. The highest BCUT2D eigenvalue weighted by Gasteiger charge is 2.31. The maximum atomic E-state index is 12.7. The van der Waals surface area contributed by atoms with Crippen molar-refractivity contribution >= 4 is 40.3 Å². The number of carbonyl (C=O) groups excluding carboxylic acids is 1. The average Bonchev–Trinajstić information content (AvgIpc) is 2.47. The number of alkyl halides is 3. The smallest absolute Gasteiger partial charge is 0.322 e. The van der Waals surface area contributed by atoms with Gasteiger partial charge < -0.3 is 5.32 Å². The predicted molar refractivity (Wildman–Crippen MR) is 86.1 cm³/mol. The average molecular weight is 418 g/mol. The van der Waals surface area contributed by atoms with E-state index in [0.717, 1.165) is 12.1 Å². The number of nitrogens with zero attached hydrogens (tertiary/aromatic N) is 1. The molecule has 0 spiro atoms. The topological polar surface area (TPSA) is 42.0 Å². The van der Waals surface area contributed by atoms with Crippen LogP contribution >= 0.6 is 22.6 Å². The molecule has 114 valence electrons. The molecule has 0 aliphatic carbocycles. The van der Waals surface area contributed by atoms with Crippen molar-refractivity contribution in [2.75, 3.05) is 5.32 Å². The molecule has 7 heteroatoms. The third kappa shape index (κ3) is 4.55. The molecule has 0 fully saturated rings. The lowest BCUT2D eigenvalue weighted by atomic mass is 10.2. The van der Waals surface area contributed by atoms with Gasteiger partial charge in [0.05, 0.1) is 16.9 Å². The van der Waals surface area contributed by atoms with Gasteiger partial charge in [0, 0.05) is 15.8 Å². The van der Waals surface area contributed by atoms with Crippen molar-refractivity contribution in [3.05, 3.63) is 63.5 Å². The lowest BCUT2D eigenvalue weighted by Gasteiger charge is -2.10. The summed E-state index contributed by atoms with van der Waals surface area (Å²) < 4.78 is 38.5. The molecule has 2 aromatic rings. The van der Waals surface area contributed by atoms with E-state index in [0.29, 0.717) is 9.26 Å². The van der Waals surface area contributed by atoms with E-state index >= 15 is 0 Å². The van der Waals surface area contributed by atoms with E-state index in [1.807, 2.05) is 22.6 Å². The van der Waals surface area contributed by atoms with Gasteiger partial charge in [-0.1, -0.05) is 6.07 Å². The second-order valence-electron chi connectivity index (χ2n) is 4.27. The van der Waals surface area contributed by atoms with Gasteiger partial charge in [0.2, 0.25) is 5.91 Å². The molecular weight excluding hydrogens is 408 g/mol. The number of rotatable bonds is 3. The van der Waals surface area contributed by atoms with E-state index in [2.05, 4.69) is 10.3 Å². The third-order valence-electron chi connectivity index (χ3n) is 2.64. The van der Waals surface area contributed by atoms with Crippen LogP contribution < -0.4 is 5.32 Å². The Labute approximate surface area is 138 Å². The number of hydrogen-bond donors (Lipinski definition) is 1. The van der Waals surface area contributed by atoms with Gasteiger partial charge in [-0.25, -0.2) is 0 Å². The second-order valence-corrected chi connectivity index (χ2v) is 5.43. The molecule has 2 rings (SSSR count). The van der Waals surface area contributed by atoms with Crippen LogP contribution in [0.2, 0.25) is 0 Å². The van der Waals surface area contributed by atoms with Crippen molar-refractivity contribution in [2.24, 2.45) is 0 Å². The summed E-state index contributed by atoms with van der Waals surface area (Å²) in [6.45, 7) is 0. The number of halogens is 4. The van der Waals surface area contributed by atoms with E-state index in [4.69, 9.17) is 0 Å². The minimum Gasteiger partial charge on any atom is -0.322 e. The molecular formula is C15H10F3IN2O. The summed E-state index contributed by atoms with van der Waals surface area (Å²) in [5.74, 6) is -0.525. The molecule has 1 N–H and O–H groups in total. The molecule has 0 radical (unpaired) electrons. The summed E-state index contributed by atoms with van der Waals surface area (Å²) in [5.41, 5.74) is -0.112. The molecule has 0 aliphatic heterocycles. The first-order chi connectivity index (χ1) is 10.4. The van der Waals surface area contributed by atoms with Crippen molar-refractivity contribution in [1.82, 2.24) is 4.98 Å². The normalized spacial score (nSPS) is 11.6. The van der Waals surface area contributed by atoms with E-state index in [1.165, 1.54) is 18.2 Å². The molecule has 0 saturated heterocycles. The number of amides is 1. The summed E-state index contributed by atoms with van der Waals surface area (Å²) in [4.78, 5) is 15.8. The minimum absolute atomic E-state index is 0.117. The standard InChI is InChI=1S/C15H10F3IN2O/c16-15(17,18)10-4-6-12(19)13(9-10)21-14(22)7-5-11-3-1-2-8-20-11/h1-9H,(H,21,22)/b7-5+. The molecule has 0 saturated carbocycles. The number of hydrogen-bond acceptors (Lipinski definition) is 2. The Kier molecular flexibility index (Phi) is 5.17. The van der Waals surface area contributed by atoms with E-state index in [9.17, 15) is 18.0 Å². The lowest BCUT2D eigenvalue weighted by Crippen LogP contribution is -2.11. The molecule has 0 aliphatic rings.